The molecule has 6 nitrogen and oxygen atoms in total. The zero-order valence-corrected chi connectivity index (χ0v) is 17.0. The van der Waals surface area contributed by atoms with Gasteiger partial charge in [-0.2, -0.15) is 23.4 Å². The molecule has 1 saturated carbocycles. The second-order valence-corrected chi connectivity index (χ2v) is 7.57. The highest BCUT2D eigenvalue weighted by atomic mass is 35.5. The molecular formula is C18H23ClF3N5O. The van der Waals surface area contributed by atoms with Crippen LogP contribution in [0.15, 0.2) is 0 Å². The molecule has 0 spiro atoms. The van der Waals surface area contributed by atoms with Crippen molar-refractivity contribution in [2.75, 3.05) is 7.05 Å². The van der Waals surface area contributed by atoms with Gasteiger partial charge in [0, 0.05) is 37.3 Å². The van der Waals surface area contributed by atoms with E-state index in [9.17, 15) is 18.0 Å². The molecule has 1 aliphatic rings. The van der Waals surface area contributed by atoms with Crippen molar-refractivity contribution in [3.8, 4) is 0 Å². The third kappa shape index (κ3) is 3.90. The van der Waals surface area contributed by atoms with E-state index in [2.05, 4.69) is 10.2 Å². The van der Waals surface area contributed by atoms with Crippen LogP contribution in [-0.2, 0) is 30.6 Å². The van der Waals surface area contributed by atoms with E-state index in [-0.39, 0.29) is 23.4 Å². The van der Waals surface area contributed by atoms with Crippen molar-refractivity contribution in [1.82, 2.24) is 24.5 Å². The minimum Gasteiger partial charge on any atom is -0.340 e. The van der Waals surface area contributed by atoms with E-state index in [4.69, 9.17) is 11.6 Å². The molecule has 0 radical (unpaired) electrons. The number of amides is 1. The zero-order valence-electron chi connectivity index (χ0n) is 16.3. The number of rotatable bonds is 6. The summed E-state index contributed by atoms with van der Waals surface area (Å²) in [6.45, 7) is 6.57. The summed E-state index contributed by atoms with van der Waals surface area (Å²) in [4.78, 5) is 14.2. The third-order valence-electron chi connectivity index (χ3n) is 5.10. The van der Waals surface area contributed by atoms with Gasteiger partial charge < -0.3 is 4.90 Å². The monoisotopic (exact) mass is 417 g/mol. The Bertz CT molecular complexity index is 898. The summed E-state index contributed by atoms with van der Waals surface area (Å²) in [6, 6.07) is 0. The average molecular weight is 418 g/mol. The first-order valence-corrected chi connectivity index (χ1v) is 9.52. The maximum atomic E-state index is 13.2. The second kappa shape index (κ2) is 7.42. The molecule has 1 fully saturated rings. The molecule has 0 aromatic carbocycles. The van der Waals surface area contributed by atoms with Crippen LogP contribution in [0.5, 0.6) is 0 Å². The Balaban J connectivity index is 1.80. The van der Waals surface area contributed by atoms with Crippen LogP contribution >= 0.6 is 11.6 Å². The van der Waals surface area contributed by atoms with Gasteiger partial charge in [-0.1, -0.05) is 11.6 Å². The number of carbonyl (C=O) groups is 1. The highest BCUT2D eigenvalue weighted by Gasteiger charge is 2.42. The standard InChI is InChI=1S/C18H23ClF3N5O/c1-5-26-11(3)13(10(2)23-26)8-25(4)14(28)9-27-16(12-6-7-12)15(19)17(24-27)18(20,21)22/h12H,5-9H2,1-4H3. The molecule has 1 aliphatic carbocycles. The summed E-state index contributed by atoms with van der Waals surface area (Å²) >= 11 is 5.96. The van der Waals surface area contributed by atoms with Crippen LogP contribution in [0.1, 0.15) is 54.0 Å². The van der Waals surface area contributed by atoms with Crippen molar-refractivity contribution < 1.29 is 18.0 Å². The summed E-state index contributed by atoms with van der Waals surface area (Å²) in [5.74, 6) is -0.403. The van der Waals surface area contributed by atoms with Crippen molar-refractivity contribution in [3.05, 3.63) is 33.4 Å². The minimum absolute atomic E-state index is 0.0681. The van der Waals surface area contributed by atoms with Crippen molar-refractivity contribution in [2.24, 2.45) is 0 Å². The summed E-state index contributed by atoms with van der Waals surface area (Å²) in [5.41, 5.74) is 1.93. The molecule has 2 heterocycles. The molecule has 0 unspecified atom stereocenters. The molecule has 154 valence electrons. The fourth-order valence-electron chi connectivity index (χ4n) is 3.35. The fraction of sp³-hybridized carbons (Fsp3) is 0.611. The van der Waals surface area contributed by atoms with Crippen LogP contribution < -0.4 is 0 Å². The quantitative estimate of drug-likeness (QED) is 0.715. The third-order valence-corrected chi connectivity index (χ3v) is 5.47. The Hall–Kier alpha value is -2.03. The normalized spacial score (nSPS) is 14.6. The lowest BCUT2D eigenvalue weighted by atomic mass is 10.2. The summed E-state index contributed by atoms with van der Waals surface area (Å²) in [6.07, 6.45) is -3.15. The topological polar surface area (TPSA) is 56.0 Å². The minimum atomic E-state index is -4.65. The molecule has 1 amide bonds. The van der Waals surface area contributed by atoms with Gasteiger partial charge in [-0.3, -0.25) is 14.2 Å². The van der Waals surface area contributed by atoms with Crippen LogP contribution in [0, 0.1) is 13.8 Å². The van der Waals surface area contributed by atoms with Gasteiger partial charge in [0.25, 0.3) is 0 Å². The first kappa shape index (κ1) is 20.7. The van der Waals surface area contributed by atoms with Gasteiger partial charge in [-0.15, -0.1) is 0 Å². The number of nitrogens with zero attached hydrogens (tertiary/aromatic N) is 5. The average Bonchev–Trinajstić information content (AvgIpc) is 3.33. The predicted octanol–water partition coefficient (Wildman–Crippen LogP) is 3.92. The van der Waals surface area contributed by atoms with Gasteiger partial charge in [0.1, 0.15) is 6.54 Å². The Kier molecular flexibility index (Phi) is 5.49. The Labute approximate surface area is 166 Å². The van der Waals surface area contributed by atoms with Gasteiger partial charge in [-0.05, 0) is 33.6 Å². The molecule has 0 aliphatic heterocycles. The van der Waals surface area contributed by atoms with Crippen LogP contribution in [0.25, 0.3) is 0 Å². The van der Waals surface area contributed by atoms with E-state index >= 15 is 0 Å². The van der Waals surface area contributed by atoms with Crippen LogP contribution in [-0.4, -0.2) is 37.4 Å². The highest BCUT2D eigenvalue weighted by Crippen LogP contribution is 2.46. The number of carbonyl (C=O) groups excluding carboxylic acids is 1. The molecule has 0 bridgehead atoms. The zero-order chi connectivity index (χ0) is 20.8. The molecule has 28 heavy (non-hydrogen) atoms. The number of hydrogen-bond donors (Lipinski definition) is 0. The molecule has 2 aromatic heterocycles. The maximum absolute atomic E-state index is 13.2. The van der Waals surface area contributed by atoms with E-state index < -0.39 is 11.9 Å². The van der Waals surface area contributed by atoms with Crippen molar-refractivity contribution in [2.45, 2.75) is 65.3 Å². The van der Waals surface area contributed by atoms with E-state index in [0.29, 0.717) is 12.2 Å². The number of likely N-dealkylation sites (N-methyl/N-ethyl adjacent to an activating group) is 1. The summed E-state index contributed by atoms with van der Waals surface area (Å²) in [5, 5.41) is 7.66. The number of halogens is 4. The maximum Gasteiger partial charge on any atom is 0.436 e. The van der Waals surface area contributed by atoms with E-state index in [1.807, 2.05) is 25.5 Å². The van der Waals surface area contributed by atoms with Gasteiger partial charge in [-0.25, -0.2) is 0 Å². The van der Waals surface area contributed by atoms with E-state index in [0.717, 1.165) is 41.0 Å². The summed E-state index contributed by atoms with van der Waals surface area (Å²) in [7, 11) is 1.62. The molecule has 0 N–H and O–H groups in total. The Morgan fingerprint density at radius 3 is 2.39 bits per heavy atom. The van der Waals surface area contributed by atoms with Crippen molar-refractivity contribution >= 4 is 17.5 Å². The van der Waals surface area contributed by atoms with Crippen LogP contribution in [0.3, 0.4) is 0 Å². The lowest BCUT2D eigenvalue weighted by molar-refractivity contribution is -0.142. The SMILES string of the molecule is CCn1nc(C)c(CN(C)C(=O)Cn2nc(C(F)(F)F)c(Cl)c2C2CC2)c1C. The van der Waals surface area contributed by atoms with E-state index in [1.165, 1.54) is 4.90 Å². The Morgan fingerprint density at radius 2 is 1.89 bits per heavy atom. The molecule has 0 atom stereocenters. The number of alkyl halides is 3. The molecule has 3 rings (SSSR count). The van der Waals surface area contributed by atoms with Gasteiger partial charge in [0.05, 0.1) is 16.4 Å². The number of aromatic nitrogens is 4. The first-order chi connectivity index (χ1) is 13.0. The van der Waals surface area contributed by atoms with Gasteiger partial charge in [0.15, 0.2) is 5.69 Å². The van der Waals surface area contributed by atoms with Crippen LogP contribution in [0.2, 0.25) is 5.02 Å². The van der Waals surface area contributed by atoms with E-state index in [1.54, 1.807) is 7.05 Å². The summed E-state index contributed by atoms with van der Waals surface area (Å²) < 4.78 is 42.5. The largest absolute Gasteiger partial charge is 0.436 e. The van der Waals surface area contributed by atoms with Crippen molar-refractivity contribution in [3.63, 3.8) is 0 Å². The molecule has 0 saturated heterocycles. The molecule has 2 aromatic rings. The Morgan fingerprint density at radius 1 is 1.25 bits per heavy atom. The van der Waals surface area contributed by atoms with Gasteiger partial charge >= 0.3 is 6.18 Å². The number of hydrogen-bond acceptors (Lipinski definition) is 3. The number of aryl methyl sites for hydroxylation is 2. The second-order valence-electron chi connectivity index (χ2n) is 7.19. The highest BCUT2D eigenvalue weighted by molar-refractivity contribution is 6.32. The first-order valence-electron chi connectivity index (χ1n) is 9.14. The fourth-order valence-corrected chi connectivity index (χ4v) is 3.74. The molecular weight excluding hydrogens is 395 g/mol. The lowest BCUT2D eigenvalue weighted by Gasteiger charge is -2.18. The smallest absolute Gasteiger partial charge is 0.340 e. The predicted molar refractivity (Wildman–Crippen MR) is 98.1 cm³/mol. The molecule has 10 heteroatoms. The lowest BCUT2D eigenvalue weighted by Crippen LogP contribution is -2.31. The van der Waals surface area contributed by atoms with Crippen LogP contribution in [0.4, 0.5) is 13.2 Å². The van der Waals surface area contributed by atoms with Gasteiger partial charge in [0.2, 0.25) is 5.91 Å². The van der Waals surface area contributed by atoms with Crippen molar-refractivity contribution in [1.29, 1.82) is 0 Å².